The number of ether oxygens (including phenoxy) is 1. The Morgan fingerprint density at radius 3 is 2.49 bits per heavy atom. The zero-order valence-corrected chi connectivity index (χ0v) is 21.9. The molecule has 2 aliphatic rings. The van der Waals surface area contributed by atoms with Crippen LogP contribution in [0.15, 0.2) is 40.0 Å². The lowest BCUT2D eigenvalue weighted by molar-refractivity contribution is -0.122. The highest BCUT2D eigenvalue weighted by atomic mass is 32.2. The van der Waals surface area contributed by atoms with Crippen LogP contribution in [0, 0.1) is 18.3 Å². The first kappa shape index (κ1) is 25.2. The maximum absolute atomic E-state index is 13.3. The van der Waals surface area contributed by atoms with Gasteiger partial charge in [0.2, 0.25) is 0 Å². The summed E-state index contributed by atoms with van der Waals surface area (Å²) in [5.41, 5.74) is 2.12. The van der Waals surface area contributed by atoms with E-state index < -0.39 is 0 Å². The summed E-state index contributed by atoms with van der Waals surface area (Å²) < 4.78 is 7.91. The van der Waals surface area contributed by atoms with Crippen LogP contribution in [-0.2, 0) is 23.0 Å². The Balaban J connectivity index is 1.73. The Labute approximate surface area is 215 Å². The summed E-state index contributed by atoms with van der Waals surface area (Å²) in [7, 11) is 1.67. The third kappa shape index (κ3) is 5.06. The molecule has 0 saturated carbocycles. The Kier molecular flexibility index (Phi) is 7.45. The highest BCUT2D eigenvalue weighted by Gasteiger charge is 2.33. The molecule has 2 saturated heterocycles. The molecule has 0 radical (unpaired) electrons. The van der Waals surface area contributed by atoms with Crippen LogP contribution in [-0.4, -0.2) is 51.5 Å². The molecule has 1 amide bonds. The highest BCUT2D eigenvalue weighted by Crippen LogP contribution is 2.36. The van der Waals surface area contributed by atoms with E-state index in [1.54, 1.807) is 24.9 Å². The summed E-state index contributed by atoms with van der Waals surface area (Å²) >= 11 is 6.79. The maximum atomic E-state index is 13.3. The third-order valence-electron chi connectivity index (χ3n) is 6.30. The average molecular weight is 509 g/mol. The first-order valence-electron chi connectivity index (χ1n) is 11.5. The van der Waals surface area contributed by atoms with Crippen molar-refractivity contribution < 1.29 is 9.53 Å². The van der Waals surface area contributed by atoms with E-state index in [0.29, 0.717) is 52.2 Å². The number of amides is 1. The van der Waals surface area contributed by atoms with Crippen molar-refractivity contribution in [3.8, 4) is 6.07 Å². The number of hydrogen-bond acceptors (Lipinski definition) is 7. The summed E-state index contributed by atoms with van der Waals surface area (Å²) in [6.07, 6.45) is 2.45. The predicted molar refractivity (Wildman–Crippen MR) is 143 cm³/mol. The molecule has 1 aromatic carbocycles. The molecule has 1 aromatic heterocycles. The largest absolute Gasteiger partial charge is 0.372 e. The topological polar surface area (TPSA) is 78.6 Å². The van der Waals surface area contributed by atoms with Crippen LogP contribution in [0.2, 0.25) is 0 Å². The third-order valence-corrected chi connectivity index (χ3v) is 7.68. The molecule has 7 nitrogen and oxygen atoms in total. The van der Waals surface area contributed by atoms with Crippen LogP contribution in [0.4, 0.5) is 5.82 Å². The van der Waals surface area contributed by atoms with Crippen molar-refractivity contribution in [2.45, 2.75) is 39.4 Å². The number of pyridine rings is 1. The van der Waals surface area contributed by atoms with Gasteiger partial charge in [-0.25, -0.2) is 0 Å². The highest BCUT2D eigenvalue weighted by molar-refractivity contribution is 8.26. The number of nitrogens with zero attached hydrogens (tertiary/aromatic N) is 4. The van der Waals surface area contributed by atoms with E-state index >= 15 is 0 Å². The molecule has 0 bridgehead atoms. The van der Waals surface area contributed by atoms with Gasteiger partial charge in [0.05, 0.1) is 17.1 Å². The van der Waals surface area contributed by atoms with Crippen LogP contribution in [0.5, 0.6) is 0 Å². The lowest BCUT2D eigenvalue weighted by Gasteiger charge is -2.38. The van der Waals surface area contributed by atoms with Crippen LogP contribution < -0.4 is 10.5 Å². The fraction of sp³-hybridized carbons (Fsp3) is 0.385. The molecule has 182 valence electrons. The molecule has 2 aliphatic heterocycles. The summed E-state index contributed by atoms with van der Waals surface area (Å²) in [6.45, 7) is 7.44. The number of hydrogen-bond donors (Lipinski definition) is 0. The van der Waals surface area contributed by atoms with E-state index in [4.69, 9.17) is 17.0 Å². The number of nitriles is 1. The normalized spacial score (nSPS) is 21.6. The summed E-state index contributed by atoms with van der Waals surface area (Å²) in [5.74, 6) is 0.528. The van der Waals surface area contributed by atoms with Crippen molar-refractivity contribution in [1.29, 1.82) is 5.26 Å². The van der Waals surface area contributed by atoms with Crippen molar-refractivity contribution in [2.24, 2.45) is 7.05 Å². The van der Waals surface area contributed by atoms with E-state index in [9.17, 15) is 14.9 Å². The van der Waals surface area contributed by atoms with Gasteiger partial charge >= 0.3 is 0 Å². The van der Waals surface area contributed by atoms with E-state index in [-0.39, 0.29) is 29.2 Å². The van der Waals surface area contributed by atoms with Gasteiger partial charge in [-0.1, -0.05) is 54.3 Å². The lowest BCUT2D eigenvalue weighted by atomic mass is 10.0. The minimum Gasteiger partial charge on any atom is -0.372 e. The van der Waals surface area contributed by atoms with Gasteiger partial charge in [0, 0.05) is 32.2 Å². The van der Waals surface area contributed by atoms with Crippen molar-refractivity contribution >= 4 is 46.1 Å². The van der Waals surface area contributed by atoms with Gasteiger partial charge in [0.15, 0.2) is 0 Å². The van der Waals surface area contributed by atoms with Crippen LogP contribution in [0.25, 0.3) is 6.08 Å². The fourth-order valence-corrected chi connectivity index (χ4v) is 5.94. The Morgan fingerprint density at radius 1 is 1.20 bits per heavy atom. The summed E-state index contributed by atoms with van der Waals surface area (Å²) in [6, 6.07) is 12.0. The van der Waals surface area contributed by atoms with Crippen LogP contribution >= 0.6 is 24.0 Å². The first-order chi connectivity index (χ1) is 16.7. The predicted octanol–water partition coefficient (Wildman–Crippen LogP) is 3.62. The van der Waals surface area contributed by atoms with Gasteiger partial charge < -0.3 is 9.64 Å². The molecule has 3 heterocycles. The average Bonchev–Trinajstić information content (AvgIpc) is 3.08. The SMILES string of the molecule is Cc1c(C=C2SC(=S)N(CCc3ccccc3)C2=O)c(N2CC(C)OC(C)C2)n(C)c(=O)c1C#N. The molecule has 2 fully saturated rings. The summed E-state index contributed by atoms with van der Waals surface area (Å²) in [5, 5.41) is 9.69. The molecule has 2 unspecified atom stereocenters. The number of benzene rings is 1. The minimum absolute atomic E-state index is 0.0196. The molecule has 35 heavy (non-hydrogen) atoms. The molecule has 4 rings (SSSR count). The number of anilines is 1. The quantitative estimate of drug-likeness (QED) is 0.451. The zero-order valence-electron chi connectivity index (χ0n) is 20.3. The van der Waals surface area contributed by atoms with E-state index in [1.807, 2.05) is 44.2 Å². The van der Waals surface area contributed by atoms with E-state index in [2.05, 4.69) is 11.0 Å². The number of rotatable bonds is 5. The smallest absolute Gasteiger partial charge is 0.270 e. The van der Waals surface area contributed by atoms with Crippen molar-refractivity contribution in [3.05, 3.63) is 67.8 Å². The number of carbonyl (C=O) groups is 1. The fourth-order valence-electron chi connectivity index (χ4n) is 4.65. The lowest BCUT2D eigenvalue weighted by Crippen LogP contribution is -2.47. The van der Waals surface area contributed by atoms with Crippen molar-refractivity contribution in [1.82, 2.24) is 9.47 Å². The van der Waals surface area contributed by atoms with Gasteiger partial charge in [-0.2, -0.15) is 5.26 Å². The standard InChI is InChI=1S/C26H28N4O3S2/c1-16-14-29(15-17(2)33-16)23-20(18(3)21(13-27)24(31)28(23)4)12-22-25(32)30(26(34)35-22)11-10-19-8-6-5-7-9-19/h5-9,12,16-17H,10-11,14-15H2,1-4H3. The number of thioether (sulfide) groups is 1. The second-order valence-electron chi connectivity index (χ2n) is 8.94. The molecule has 0 N–H and O–H groups in total. The summed E-state index contributed by atoms with van der Waals surface area (Å²) in [4.78, 5) is 30.5. The first-order valence-corrected chi connectivity index (χ1v) is 12.8. The number of aromatic nitrogens is 1. The molecule has 9 heteroatoms. The molecular weight excluding hydrogens is 480 g/mol. The number of carbonyl (C=O) groups excluding carboxylic acids is 1. The second-order valence-corrected chi connectivity index (χ2v) is 10.6. The van der Waals surface area contributed by atoms with Crippen molar-refractivity contribution in [2.75, 3.05) is 24.5 Å². The van der Waals surface area contributed by atoms with E-state index in [1.165, 1.54) is 16.3 Å². The Morgan fingerprint density at radius 2 is 1.86 bits per heavy atom. The second kappa shape index (κ2) is 10.4. The monoisotopic (exact) mass is 508 g/mol. The Hall–Kier alpha value is -2.93. The molecular formula is C26H28N4O3S2. The molecule has 2 atom stereocenters. The van der Waals surface area contributed by atoms with Gasteiger partial charge in [-0.05, 0) is 44.4 Å². The van der Waals surface area contributed by atoms with Gasteiger partial charge in [-0.15, -0.1) is 0 Å². The molecule has 0 spiro atoms. The van der Waals surface area contributed by atoms with Gasteiger partial charge in [-0.3, -0.25) is 19.1 Å². The van der Waals surface area contributed by atoms with Gasteiger partial charge in [0.25, 0.3) is 11.5 Å². The zero-order chi connectivity index (χ0) is 25.3. The minimum atomic E-state index is -0.348. The Bertz CT molecular complexity index is 1290. The van der Waals surface area contributed by atoms with Crippen LogP contribution in [0.1, 0.15) is 36.1 Å². The molecule has 2 aromatic rings. The number of thiocarbonyl (C=S) groups is 1. The van der Waals surface area contributed by atoms with Gasteiger partial charge in [0.1, 0.15) is 21.8 Å². The maximum Gasteiger partial charge on any atom is 0.270 e. The number of morpholine rings is 1. The van der Waals surface area contributed by atoms with Crippen molar-refractivity contribution in [3.63, 3.8) is 0 Å². The van der Waals surface area contributed by atoms with E-state index in [0.717, 1.165) is 5.56 Å². The molecule has 0 aliphatic carbocycles. The van der Waals surface area contributed by atoms with Crippen LogP contribution in [0.3, 0.4) is 0 Å².